The molecule has 0 bridgehead atoms. The van der Waals surface area contributed by atoms with E-state index in [1.165, 1.54) is 83.2 Å². The molecule has 42 heavy (non-hydrogen) atoms. The molecule has 0 saturated carbocycles. The monoisotopic (exact) mass is 860 g/mol. The molecule has 8 heteroatoms. The number of unbranched alkanes of at least 4 members (excludes halogenated alkanes) is 2. The maximum atomic E-state index is 5.31. The second kappa shape index (κ2) is 17.0. The summed E-state index contributed by atoms with van der Waals surface area (Å²) >= 11 is 1.27. The quantitative estimate of drug-likeness (QED) is 0.0941. The summed E-state index contributed by atoms with van der Waals surface area (Å²) in [6.07, 6.45) is 14.8. The molecule has 0 radical (unpaired) electrons. The molecular weight excluding hydrogens is 802 g/mol. The molecule has 3 rings (SSSR count). The van der Waals surface area contributed by atoms with Crippen LogP contribution in [0.3, 0.4) is 0 Å². The number of fused-ring (bicyclic) bond motifs is 1. The van der Waals surface area contributed by atoms with Gasteiger partial charge in [-0.1, -0.05) is 0 Å². The minimum absolute atomic E-state index is 0.721. The third-order valence-corrected chi connectivity index (χ3v) is 29.2. The molecule has 2 nitrogen and oxygen atoms in total. The third-order valence-electron chi connectivity index (χ3n) is 7.96. The van der Waals surface area contributed by atoms with E-state index in [1.54, 1.807) is 8.46 Å². The fourth-order valence-electron chi connectivity index (χ4n) is 5.30. The maximum absolute atomic E-state index is 5.31. The van der Waals surface area contributed by atoms with Gasteiger partial charge in [-0.15, -0.1) is 0 Å². The van der Waals surface area contributed by atoms with Gasteiger partial charge in [0.1, 0.15) is 0 Å². The van der Waals surface area contributed by atoms with E-state index < -0.39 is 35.4 Å². The molecule has 0 aromatic carbocycles. The molecule has 0 aliphatic heterocycles. The van der Waals surface area contributed by atoms with Gasteiger partial charge in [0.15, 0.2) is 0 Å². The van der Waals surface area contributed by atoms with Crippen molar-refractivity contribution in [2.24, 2.45) is 11.8 Å². The molecule has 0 spiro atoms. The van der Waals surface area contributed by atoms with Crippen molar-refractivity contribution in [2.45, 2.75) is 122 Å². The Bertz CT molecular complexity index is 1290. The summed E-state index contributed by atoms with van der Waals surface area (Å²) in [4.78, 5) is 30.9. The van der Waals surface area contributed by atoms with Crippen molar-refractivity contribution >= 4 is 95.8 Å². The molecule has 3 aromatic rings. The Morgan fingerprint density at radius 3 is 2.02 bits per heavy atom. The first-order valence-electron chi connectivity index (χ1n) is 16.3. The van der Waals surface area contributed by atoms with E-state index in [9.17, 15) is 0 Å². The van der Waals surface area contributed by atoms with E-state index >= 15 is 0 Å². The predicted octanol–water partition coefficient (Wildman–Crippen LogP) is 12.9. The molecule has 0 aliphatic carbocycles. The normalized spacial score (nSPS) is 14.8. The molecule has 234 valence electrons. The van der Waals surface area contributed by atoms with Crippen molar-refractivity contribution in [3.63, 3.8) is 0 Å². The summed E-state index contributed by atoms with van der Waals surface area (Å²) in [7, 11) is 2.16. The van der Waals surface area contributed by atoms with E-state index in [-0.39, 0.29) is 0 Å². The van der Waals surface area contributed by atoms with Crippen molar-refractivity contribution in [1.82, 2.24) is 9.97 Å². The third kappa shape index (κ3) is 10.6. The van der Waals surface area contributed by atoms with Gasteiger partial charge < -0.3 is 0 Å². The van der Waals surface area contributed by atoms with Gasteiger partial charge in [-0.2, -0.15) is 0 Å². The van der Waals surface area contributed by atoms with Gasteiger partial charge in [0.25, 0.3) is 0 Å². The number of nitrogens with zero attached hydrogens (tertiary/aromatic N) is 2. The summed E-state index contributed by atoms with van der Waals surface area (Å²) in [5.41, 5.74) is 2.97. The Balaban J connectivity index is 2.04. The van der Waals surface area contributed by atoms with Crippen LogP contribution in [-0.4, -0.2) is 45.3 Å². The van der Waals surface area contributed by atoms with E-state index in [2.05, 4.69) is 96.3 Å². The van der Waals surface area contributed by atoms with Crippen molar-refractivity contribution in [2.75, 3.05) is 0 Å². The first-order valence-corrected chi connectivity index (χ1v) is 41.6. The van der Waals surface area contributed by atoms with Crippen LogP contribution in [0.25, 0.3) is 24.5 Å². The number of thiophene rings is 1. The standard InChI is InChI=1S/C28H39N2S4.6CH3.2Sn/c1-6-11-13-19(8-3)17-21(10-5)23(31)25-29-27-28(33-25)30-26(34-27)24-22(15-16-32-24)18-20(9-4)14-12-7-2;;;;;;;;/h10,15,19-20,31H,5-9,11-14,17-18H2,1-4H3;6*1H3;;/q;;;;;;;;+1/p-1/b23-21+;;;;;;;;. The zero-order valence-electron chi connectivity index (χ0n) is 28.1. The number of thiazole rings is 2. The van der Waals surface area contributed by atoms with Crippen molar-refractivity contribution < 1.29 is 0 Å². The molecular formula is C34H56N2S4Sn2. The van der Waals surface area contributed by atoms with Gasteiger partial charge in [0.2, 0.25) is 0 Å². The van der Waals surface area contributed by atoms with Crippen molar-refractivity contribution in [3.05, 3.63) is 34.9 Å². The SMILES string of the molecule is C=C/C(CC(CC)CCCC)=C(\[S][Sn]([CH3])([CH3])[CH3])c1nc2sc(-c3s[c]([Sn]([CH3])([CH3])[CH3])cc3CC(CC)CCCC)nc2s1. The summed E-state index contributed by atoms with van der Waals surface area (Å²) in [5.74, 6) is 1.49. The fourth-order valence-corrected chi connectivity index (χ4v) is 23.0. The topological polar surface area (TPSA) is 25.8 Å². The van der Waals surface area contributed by atoms with Crippen LogP contribution in [0.2, 0.25) is 29.6 Å². The molecule has 2 atom stereocenters. The molecule has 2 unspecified atom stereocenters. The number of hydrogen-bond acceptors (Lipinski definition) is 6. The average molecular weight is 859 g/mol. The molecule has 0 saturated heterocycles. The Morgan fingerprint density at radius 2 is 1.50 bits per heavy atom. The van der Waals surface area contributed by atoms with Crippen LogP contribution >= 0.6 is 43.0 Å². The van der Waals surface area contributed by atoms with Crippen LogP contribution in [-0.2, 0) is 6.42 Å². The van der Waals surface area contributed by atoms with Crippen LogP contribution in [0, 0.1) is 11.8 Å². The molecule has 3 aromatic heterocycles. The molecule has 0 N–H and O–H groups in total. The van der Waals surface area contributed by atoms with Gasteiger partial charge in [-0.25, -0.2) is 0 Å². The Kier molecular flexibility index (Phi) is 15.0. The average Bonchev–Trinajstić information content (AvgIpc) is 3.63. The Morgan fingerprint density at radius 1 is 0.881 bits per heavy atom. The fraction of sp³-hybridized carbons (Fsp3) is 0.647. The number of allylic oxidation sites excluding steroid dienone is 2. The zero-order valence-corrected chi connectivity index (χ0v) is 37.1. The minimum atomic E-state index is -2.23. The van der Waals surface area contributed by atoms with E-state index in [0.29, 0.717) is 0 Å². The summed E-state index contributed by atoms with van der Waals surface area (Å²) < 4.78 is 1.68. The van der Waals surface area contributed by atoms with Gasteiger partial charge in [0, 0.05) is 0 Å². The Labute approximate surface area is 280 Å². The molecule has 0 amide bonds. The molecule has 0 fully saturated rings. The predicted molar refractivity (Wildman–Crippen MR) is 205 cm³/mol. The van der Waals surface area contributed by atoms with Crippen LogP contribution in [0.4, 0.5) is 0 Å². The summed E-state index contributed by atoms with van der Waals surface area (Å²) in [6, 6.07) is 2.59. The van der Waals surface area contributed by atoms with Crippen LogP contribution < -0.4 is 2.89 Å². The van der Waals surface area contributed by atoms with Gasteiger partial charge in [-0.05, 0) is 0 Å². The Hall–Kier alpha value is 0.647. The number of aromatic nitrogens is 2. The molecule has 3 heterocycles. The van der Waals surface area contributed by atoms with Gasteiger partial charge >= 0.3 is 284 Å². The van der Waals surface area contributed by atoms with Crippen LogP contribution in [0.5, 0.6) is 0 Å². The van der Waals surface area contributed by atoms with Gasteiger partial charge in [-0.3, -0.25) is 0 Å². The first kappa shape index (κ1) is 37.1. The second-order valence-electron chi connectivity index (χ2n) is 13.9. The zero-order chi connectivity index (χ0) is 31.1. The number of rotatable bonds is 18. The molecule has 0 aliphatic rings. The second-order valence-corrected chi connectivity index (χ2v) is 54.9. The van der Waals surface area contributed by atoms with Crippen LogP contribution in [0.1, 0.15) is 96.1 Å². The van der Waals surface area contributed by atoms with E-state index in [4.69, 9.17) is 9.97 Å². The first-order chi connectivity index (χ1) is 19.8. The van der Waals surface area contributed by atoms with Crippen molar-refractivity contribution in [1.29, 1.82) is 0 Å². The summed E-state index contributed by atoms with van der Waals surface area (Å²) in [6.45, 7) is 13.6. The van der Waals surface area contributed by atoms with E-state index in [1.807, 2.05) is 22.7 Å². The van der Waals surface area contributed by atoms with Crippen molar-refractivity contribution in [3.8, 4) is 9.88 Å². The number of hydrogen-bond donors (Lipinski definition) is 0. The van der Waals surface area contributed by atoms with Crippen LogP contribution in [0.15, 0.2) is 24.3 Å². The van der Waals surface area contributed by atoms with Gasteiger partial charge in [0.05, 0.1) is 0 Å². The van der Waals surface area contributed by atoms with E-state index in [0.717, 1.165) is 27.9 Å². The summed E-state index contributed by atoms with van der Waals surface area (Å²) in [5, 5.41) is 2.38.